The fraction of sp³-hybridized carbons (Fsp3) is 0.583. The van der Waals surface area contributed by atoms with E-state index in [1.54, 1.807) is 19.3 Å². The van der Waals surface area contributed by atoms with Gasteiger partial charge in [-0.3, -0.25) is 9.69 Å². The van der Waals surface area contributed by atoms with E-state index in [1.165, 1.54) is 0 Å². The highest BCUT2D eigenvalue weighted by molar-refractivity contribution is 6.07. The third-order valence-corrected chi connectivity index (χ3v) is 6.06. The summed E-state index contributed by atoms with van der Waals surface area (Å²) >= 11 is 0. The number of β-amino-alcohol motifs (C(OH)–C–C–N with tert-alkyl or cyclic N) is 1. The summed E-state index contributed by atoms with van der Waals surface area (Å²) in [6.45, 7) is 9.92. The minimum absolute atomic E-state index is 0.0351. The molecular formula is C24H34N2O5. The molecule has 170 valence electrons. The second-order valence-corrected chi connectivity index (χ2v) is 9.73. The van der Waals surface area contributed by atoms with E-state index in [0.717, 1.165) is 16.9 Å². The number of aliphatic hydroxyl groups is 1. The number of rotatable bonds is 8. The van der Waals surface area contributed by atoms with E-state index in [2.05, 4.69) is 32.7 Å². The number of urea groups is 1. The largest absolute Gasteiger partial charge is 0.493 e. The van der Waals surface area contributed by atoms with Gasteiger partial charge in [0, 0.05) is 0 Å². The van der Waals surface area contributed by atoms with Gasteiger partial charge in [-0.05, 0) is 54.7 Å². The van der Waals surface area contributed by atoms with Gasteiger partial charge in [-0.25, -0.2) is 4.79 Å². The first-order valence-corrected chi connectivity index (χ1v) is 10.8. The molecule has 0 bridgehead atoms. The Labute approximate surface area is 184 Å². The van der Waals surface area contributed by atoms with E-state index in [4.69, 9.17) is 9.47 Å². The van der Waals surface area contributed by atoms with E-state index in [1.807, 2.05) is 12.1 Å². The molecule has 31 heavy (non-hydrogen) atoms. The van der Waals surface area contributed by atoms with Gasteiger partial charge in [0.15, 0.2) is 11.5 Å². The lowest BCUT2D eigenvalue weighted by Gasteiger charge is -2.43. The molecular weight excluding hydrogens is 396 g/mol. The van der Waals surface area contributed by atoms with Gasteiger partial charge in [0.2, 0.25) is 0 Å². The van der Waals surface area contributed by atoms with E-state index in [9.17, 15) is 14.7 Å². The number of hydrogen-bond acceptors (Lipinski definition) is 5. The Morgan fingerprint density at radius 3 is 2.71 bits per heavy atom. The van der Waals surface area contributed by atoms with Crippen LogP contribution in [-0.4, -0.2) is 53.8 Å². The summed E-state index contributed by atoms with van der Waals surface area (Å²) in [6.07, 6.45) is 3.74. The number of ether oxygens (including phenoxy) is 2. The van der Waals surface area contributed by atoms with Crippen LogP contribution >= 0.6 is 0 Å². The zero-order valence-corrected chi connectivity index (χ0v) is 18.9. The molecule has 7 heteroatoms. The number of hydrogen-bond donors (Lipinski definition) is 2. The van der Waals surface area contributed by atoms with Gasteiger partial charge in [0.1, 0.15) is 18.2 Å². The number of nitrogens with zero attached hydrogens (tertiary/aromatic N) is 1. The molecule has 0 aromatic heterocycles. The van der Waals surface area contributed by atoms with Gasteiger partial charge in [-0.15, -0.1) is 6.58 Å². The lowest BCUT2D eigenvalue weighted by molar-refractivity contribution is -0.135. The molecule has 2 N–H and O–H groups in total. The van der Waals surface area contributed by atoms with Crippen LogP contribution in [0.1, 0.15) is 45.6 Å². The Hall–Kier alpha value is -2.54. The van der Waals surface area contributed by atoms with Crippen LogP contribution in [0.2, 0.25) is 0 Å². The van der Waals surface area contributed by atoms with Crippen molar-refractivity contribution >= 4 is 11.9 Å². The van der Waals surface area contributed by atoms with E-state index in [-0.39, 0.29) is 24.5 Å². The smallest absolute Gasteiger partial charge is 0.325 e. The first kappa shape index (κ1) is 23.1. The number of nitrogens with one attached hydrogen (secondary N) is 1. The Kier molecular flexibility index (Phi) is 6.65. The fourth-order valence-electron chi connectivity index (χ4n) is 5.25. The van der Waals surface area contributed by atoms with Crippen molar-refractivity contribution in [3.63, 3.8) is 0 Å². The normalized spacial score (nSPS) is 26.0. The van der Waals surface area contributed by atoms with Gasteiger partial charge in [-0.1, -0.05) is 32.9 Å². The Morgan fingerprint density at radius 1 is 1.32 bits per heavy atom. The predicted molar refractivity (Wildman–Crippen MR) is 118 cm³/mol. The molecule has 1 aromatic rings. The molecule has 1 aliphatic carbocycles. The highest BCUT2D eigenvalue weighted by Gasteiger charge is 2.56. The number of aliphatic hydroxyl groups excluding tert-OH is 1. The Balaban J connectivity index is 1.63. The highest BCUT2D eigenvalue weighted by Crippen LogP contribution is 2.46. The zero-order chi connectivity index (χ0) is 22.8. The molecule has 3 rings (SSSR count). The fourth-order valence-corrected chi connectivity index (χ4v) is 5.25. The number of allylic oxidation sites excluding steroid dienone is 1. The number of methoxy groups -OCH3 is 1. The summed E-state index contributed by atoms with van der Waals surface area (Å²) in [5, 5.41) is 13.4. The summed E-state index contributed by atoms with van der Waals surface area (Å²) in [5.74, 6) is 1.13. The summed E-state index contributed by atoms with van der Waals surface area (Å²) < 4.78 is 11.1. The van der Waals surface area contributed by atoms with Gasteiger partial charge < -0.3 is 19.9 Å². The van der Waals surface area contributed by atoms with Gasteiger partial charge in [0.25, 0.3) is 5.91 Å². The van der Waals surface area contributed by atoms with Crippen molar-refractivity contribution in [2.45, 2.75) is 58.1 Å². The average molecular weight is 431 g/mol. The van der Waals surface area contributed by atoms with Gasteiger partial charge >= 0.3 is 6.03 Å². The number of imide groups is 1. The molecule has 0 unspecified atom stereocenters. The topological polar surface area (TPSA) is 88.1 Å². The second-order valence-electron chi connectivity index (χ2n) is 9.73. The lowest BCUT2D eigenvalue weighted by atomic mass is 9.64. The molecule has 1 heterocycles. The van der Waals surface area contributed by atoms with Crippen molar-refractivity contribution in [3.8, 4) is 11.5 Å². The SMILES string of the molecule is C=CCc1ccc(OC[C@H](O)CN2C(=O)N[C@@]3(C[C@@H](C)CC(C)(C)C3)C2=O)c(OC)c1. The standard InChI is InChI=1S/C24H34N2O5/c1-6-7-17-8-9-19(20(10-17)30-5)31-14-18(27)13-26-21(28)24(25-22(26)29)12-16(2)11-23(3,4)15-24/h6,8-10,16,18,27H,1,7,11-15H2,2-5H3,(H,25,29)/t16-,18+,24+/m0/s1. The first-order chi connectivity index (χ1) is 14.6. The number of amides is 3. The molecule has 1 spiro atoms. The van der Waals surface area contributed by atoms with Crippen molar-refractivity contribution in [2.24, 2.45) is 11.3 Å². The molecule has 1 aliphatic heterocycles. The van der Waals surface area contributed by atoms with Crippen LogP contribution in [0.25, 0.3) is 0 Å². The maximum absolute atomic E-state index is 13.2. The Morgan fingerprint density at radius 2 is 2.06 bits per heavy atom. The molecule has 1 saturated carbocycles. The maximum Gasteiger partial charge on any atom is 0.325 e. The highest BCUT2D eigenvalue weighted by atomic mass is 16.5. The van der Waals surface area contributed by atoms with Crippen molar-refractivity contribution in [3.05, 3.63) is 36.4 Å². The average Bonchev–Trinajstić information content (AvgIpc) is 2.88. The van der Waals surface area contributed by atoms with Crippen LogP contribution < -0.4 is 14.8 Å². The number of benzene rings is 1. The third kappa shape index (κ3) is 5.03. The van der Waals surface area contributed by atoms with Crippen molar-refractivity contribution < 1.29 is 24.2 Å². The van der Waals surface area contributed by atoms with Crippen molar-refractivity contribution in [2.75, 3.05) is 20.3 Å². The Bertz CT molecular complexity index is 852. The minimum atomic E-state index is -1.02. The molecule has 1 aromatic carbocycles. The maximum atomic E-state index is 13.2. The molecule has 3 amide bonds. The molecule has 2 aliphatic rings. The van der Waals surface area contributed by atoms with Gasteiger partial charge in [0.05, 0.1) is 13.7 Å². The summed E-state index contributed by atoms with van der Waals surface area (Å²) in [5.41, 5.74) is 0.129. The quantitative estimate of drug-likeness (QED) is 0.488. The van der Waals surface area contributed by atoms with Crippen molar-refractivity contribution in [1.29, 1.82) is 0 Å². The molecule has 7 nitrogen and oxygen atoms in total. The molecule has 1 saturated heterocycles. The monoisotopic (exact) mass is 430 g/mol. The molecule has 0 radical (unpaired) electrons. The van der Waals surface area contributed by atoms with E-state index >= 15 is 0 Å². The lowest BCUT2D eigenvalue weighted by Crippen LogP contribution is -2.54. The third-order valence-electron chi connectivity index (χ3n) is 6.06. The number of carbonyl (C=O) groups is 2. The summed E-state index contributed by atoms with van der Waals surface area (Å²) in [6, 6.07) is 5.09. The van der Waals surface area contributed by atoms with E-state index < -0.39 is 17.7 Å². The van der Waals surface area contributed by atoms with Crippen LogP contribution in [-0.2, 0) is 11.2 Å². The van der Waals surface area contributed by atoms with Gasteiger partial charge in [-0.2, -0.15) is 0 Å². The van der Waals surface area contributed by atoms with E-state index in [0.29, 0.717) is 36.7 Å². The summed E-state index contributed by atoms with van der Waals surface area (Å²) in [4.78, 5) is 26.9. The van der Waals surface area contributed by atoms with Crippen LogP contribution in [0.4, 0.5) is 4.79 Å². The van der Waals surface area contributed by atoms with Crippen LogP contribution in [0, 0.1) is 11.3 Å². The van der Waals surface area contributed by atoms with Crippen LogP contribution in [0.15, 0.2) is 30.9 Å². The van der Waals surface area contributed by atoms with Crippen molar-refractivity contribution in [1.82, 2.24) is 10.2 Å². The number of carbonyl (C=O) groups excluding carboxylic acids is 2. The second kappa shape index (κ2) is 8.91. The molecule has 2 fully saturated rings. The predicted octanol–water partition coefficient (Wildman–Crippen LogP) is 3.30. The first-order valence-electron chi connectivity index (χ1n) is 10.8. The van der Waals surface area contributed by atoms with Crippen LogP contribution in [0.3, 0.4) is 0 Å². The van der Waals surface area contributed by atoms with Crippen LogP contribution in [0.5, 0.6) is 11.5 Å². The zero-order valence-electron chi connectivity index (χ0n) is 18.9. The molecule has 3 atom stereocenters. The summed E-state index contributed by atoms with van der Waals surface area (Å²) in [7, 11) is 1.55. The minimum Gasteiger partial charge on any atom is -0.493 e.